The number of hydrogen-bond acceptors (Lipinski definition) is 0. The molecule has 1 rings (SSSR count). The van der Waals surface area contributed by atoms with E-state index in [0.29, 0.717) is 11.5 Å². The van der Waals surface area contributed by atoms with E-state index in [0.717, 1.165) is 18.9 Å². The molecule has 3 heteroatoms. The van der Waals surface area contributed by atoms with Gasteiger partial charge in [0.1, 0.15) is 11.6 Å². The highest BCUT2D eigenvalue weighted by atomic mass is 79.9. The maximum Gasteiger partial charge on any atom is 0.130 e. The Kier molecular flexibility index (Phi) is 4.71. The van der Waals surface area contributed by atoms with Crippen molar-refractivity contribution in [2.75, 3.05) is 0 Å². The lowest BCUT2D eigenvalue weighted by Crippen LogP contribution is -1.97. The Morgan fingerprint density at radius 1 is 1.20 bits per heavy atom. The summed E-state index contributed by atoms with van der Waals surface area (Å²) >= 11 is 3.43. The molecule has 15 heavy (non-hydrogen) atoms. The minimum atomic E-state index is -0.528. The molecule has 0 aliphatic heterocycles. The summed E-state index contributed by atoms with van der Waals surface area (Å²) in [6.07, 6.45) is 1.88. The maximum absolute atomic E-state index is 13.4. The van der Waals surface area contributed by atoms with Gasteiger partial charge < -0.3 is 0 Å². The van der Waals surface area contributed by atoms with E-state index in [9.17, 15) is 8.78 Å². The fraction of sp³-hybridized carbons (Fsp3) is 0.500. The van der Waals surface area contributed by atoms with E-state index in [1.807, 2.05) is 0 Å². The van der Waals surface area contributed by atoms with Gasteiger partial charge in [-0.1, -0.05) is 35.8 Å². The average Bonchev–Trinajstić information content (AvgIpc) is 2.14. The molecule has 0 nitrogen and oxygen atoms in total. The Bertz CT molecular complexity index is 323. The summed E-state index contributed by atoms with van der Waals surface area (Å²) < 4.78 is 26.0. The molecule has 1 aromatic rings. The van der Waals surface area contributed by atoms with Crippen LogP contribution in [0, 0.1) is 17.6 Å². The Balaban J connectivity index is 2.69. The lowest BCUT2D eigenvalue weighted by molar-refractivity contribution is 0.534. The first kappa shape index (κ1) is 12.6. The van der Waals surface area contributed by atoms with Crippen LogP contribution in [-0.4, -0.2) is 0 Å². The standard InChI is InChI=1S/C12H15BrF2/c1-8(2)3-6-11(13)10-5-4-9(14)7-12(10)15/h4-5,7-8,11H,3,6H2,1-2H3. The van der Waals surface area contributed by atoms with Gasteiger partial charge in [-0.25, -0.2) is 8.78 Å². The predicted octanol–water partition coefficient (Wildman–Crippen LogP) is 4.84. The molecule has 0 amide bonds. The van der Waals surface area contributed by atoms with Crippen molar-refractivity contribution in [1.82, 2.24) is 0 Å². The highest BCUT2D eigenvalue weighted by molar-refractivity contribution is 9.09. The minimum absolute atomic E-state index is 0.0273. The van der Waals surface area contributed by atoms with Crippen molar-refractivity contribution < 1.29 is 8.78 Å². The lowest BCUT2D eigenvalue weighted by atomic mass is 10.0. The molecule has 1 aromatic carbocycles. The van der Waals surface area contributed by atoms with Crippen LogP contribution in [0.3, 0.4) is 0 Å². The van der Waals surface area contributed by atoms with Crippen molar-refractivity contribution in [2.45, 2.75) is 31.5 Å². The zero-order chi connectivity index (χ0) is 11.4. The quantitative estimate of drug-likeness (QED) is 0.691. The average molecular weight is 277 g/mol. The van der Waals surface area contributed by atoms with Gasteiger partial charge in [-0.15, -0.1) is 0 Å². The molecule has 0 fully saturated rings. The van der Waals surface area contributed by atoms with Crippen molar-refractivity contribution in [1.29, 1.82) is 0 Å². The number of halogens is 3. The van der Waals surface area contributed by atoms with Crippen LogP contribution in [0.5, 0.6) is 0 Å². The van der Waals surface area contributed by atoms with Crippen LogP contribution in [0.1, 0.15) is 37.1 Å². The predicted molar refractivity (Wildman–Crippen MR) is 62.1 cm³/mol. The van der Waals surface area contributed by atoms with Crippen LogP contribution in [0.25, 0.3) is 0 Å². The smallest absolute Gasteiger partial charge is 0.130 e. The van der Waals surface area contributed by atoms with Crippen molar-refractivity contribution >= 4 is 15.9 Å². The first-order valence-corrected chi connectivity index (χ1v) is 6.01. The molecule has 0 saturated carbocycles. The summed E-state index contributed by atoms with van der Waals surface area (Å²) in [5.74, 6) is -0.408. The van der Waals surface area contributed by atoms with Gasteiger partial charge in [-0.3, -0.25) is 0 Å². The lowest BCUT2D eigenvalue weighted by Gasteiger charge is -2.12. The normalized spacial score (nSPS) is 13.2. The van der Waals surface area contributed by atoms with Crippen LogP contribution in [0.15, 0.2) is 18.2 Å². The summed E-state index contributed by atoms with van der Waals surface area (Å²) in [7, 11) is 0. The Morgan fingerprint density at radius 3 is 2.40 bits per heavy atom. The van der Waals surface area contributed by atoms with E-state index in [2.05, 4.69) is 29.8 Å². The van der Waals surface area contributed by atoms with Gasteiger partial charge in [-0.05, 0) is 24.8 Å². The Morgan fingerprint density at radius 2 is 1.87 bits per heavy atom. The molecular weight excluding hydrogens is 262 g/mol. The third kappa shape index (κ3) is 3.90. The molecule has 1 unspecified atom stereocenters. The van der Waals surface area contributed by atoms with Crippen molar-refractivity contribution in [3.8, 4) is 0 Å². The molecule has 0 N–H and O–H groups in total. The first-order chi connectivity index (χ1) is 7.00. The van der Waals surface area contributed by atoms with E-state index in [1.54, 1.807) is 0 Å². The zero-order valence-electron chi connectivity index (χ0n) is 8.93. The summed E-state index contributed by atoms with van der Waals surface area (Å²) in [4.78, 5) is -0.0273. The molecule has 0 aliphatic rings. The van der Waals surface area contributed by atoms with E-state index in [-0.39, 0.29) is 4.83 Å². The van der Waals surface area contributed by atoms with Gasteiger partial charge in [-0.2, -0.15) is 0 Å². The van der Waals surface area contributed by atoms with E-state index in [4.69, 9.17) is 0 Å². The van der Waals surface area contributed by atoms with Gasteiger partial charge in [0.2, 0.25) is 0 Å². The molecule has 0 radical (unpaired) electrons. The second-order valence-corrected chi connectivity index (χ2v) is 5.21. The molecule has 0 aliphatic carbocycles. The first-order valence-electron chi connectivity index (χ1n) is 5.09. The van der Waals surface area contributed by atoms with Crippen LogP contribution in [-0.2, 0) is 0 Å². The van der Waals surface area contributed by atoms with Gasteiger partial charge in [0.05, 0.1) is 0 Å². The number of benzene rings is 1. The van der Waals surface area contributed by atoms with Crippen LogP contribution in [0.4, 0.5) is 8.78 Å². The largest absolute Gasteiger partial charge is 0.207 e. The van der Waals surface area contributed by atoms with E-state index < -0.39 is 11.6 Å². The zero-order valence-corrected chi connectivity index (χ0v) is 10.5. The third-order valence-electron chi connectivity index (χ3n) is 2.30. The monoisotopic (exact) mass is 276 g/mol. The maximum atomic E-state index is 13.4. The molecule has 0 spiro atoms. The summed E-state index contributed by atoms with van der Waals surface area (Å²) in [6.45, 7) is 4.25. The highest BCUT2D eigenvalue weighted by Gasteiger charge is 2.13. The number of alkyl halides is 1. The van der Waals surface area contributed by atoms with Gasteiger partial charge in [0.15, 0.2) is 0 Å². The highest BCUT2D eigenvalue weighted by Crippen LogP contribution is 2.31. The fourth-order valence-electron chi connectivity index (χ4n) is 1.39. The SMILES string of the molecule is CC(C)CCC(Br)c1ccc(F)cc1F. The summed E-state index contributed by atoms with van der Waals surface area (Å²) in [5.41, 5.74) is 0.539. The summed E-state index contributed by atoms with van der Waals surface area (Å²) in [6, 6.07) is 3.73. The van der Waals surface area contributed by atoms with Crippen molar-refractivity contribution in [3.63, 3.8) is 0 Å². The topological polar surface area (TPSA) is 0 Å². The number of hydrogen-bond donors (Lipinski definition) is 0. The minimum Gasteiger partial charge on any atom is -0.207 e. The van der Waals surface area contributed by atoms with Crippen LogP contribution < -0.4 is 0 Å². The molecule has 84 valence electrons. The molecule has 0 saturated heterocycles. The summed E-state index contributed by atoms with van der Waals surface area (Å²) in [5, 5.41) is 0. The third-order valence-corrected chi connectivity index (χ3v) is 3.25. The van der Waals surface area contributed by atoms with Crippen LogP contribution in [0.2, 0.25) is 0 Å². The number of rotatable bonds is 4. The van der Waals surface area contributed by atoms with Crippen molar-refractivity contribution in [2.24, 2.45) is 5.92 Å². The van der Waals surface area contributed by atoms with Gasteiger partial charge in [0.25, 0.3) is 0 Å². The molecule has 0 heterocycles. The second kappa shape index (κ2) is 5.59. The van der Waals surface area contributed by atoms with E-state index in [1.165, 1.54) is 12.1 Å². The van der Waals surface area contributed by atoms with Gasteiger partial charge in [0, 0.05) is 16.5 Å². The molecule has 1 atom stereocenters. The molecular formula is C12H15BrF2. The molecule has 0 bridgehead atoms. The van der Waals surface area contributed by atoms with E-state index >= 15 is 0 Å². The Hall–Kier alpha value is -0.440. The Labute approximate surface area is 97.8 Å². The van der Waals surface area contributed by atoms with Crippen molar-refractivity contribution in [3.05, 3.63) is 35.4 Å². The van der Waals surface area contributed by atoms with Crippen LogP contribution >= 0.6 is 15.9 Å². The van der Waals surface area contributed by atoms with Gasteiger partial charge >= 0.3 is 0 Å². The molecule has 0 aromatic heterocycles. The second-order valence-electron chi connectivity index (χ2n) is 4.10. The fourth-order valence-corrected chi connectivity index (χ4v) is 2.03.